The largest absolute Gasteiger partial charge is 0.376 e. The monoisotopic (exact) mass is 197 g/mol. The van der Waals surface area contributed by atoms with Crippen LogP contribution in [0.4, 0.5) is 0 Å². The van der Waals surface area contributed by atoms with Crippen LogP contribution in [0.15, 0.2) is 29.2 Å². The average Bonchev–Trinajstić information content (AvgIpc) is 2.05. The van der Waals surface area contributed by atoms with Gasteiger partial charge in [0, 0.05) is 17.0 Å². The lowest BCUT2D eigenvalue weighted by Gasteiger charge is -2.06. The third kappa shape index (κ3) is 2.22. The van der Waals surface area contributed by atoms with Gasteiger partial charge in [-0.25, -0.2) is 0 Å². The Kier molecular flexibility index (Phi) is 3.56. The molecule has 0 aromatic heterocycles. The van der Waals surface area contributed by atoms with Crippen LogP contribution in [0.3, 0.4) is 0 Å². The highest BCUT2D eigenvalue weighted by molar-refractivity contribution is 7.81. The highest BCUT2D eigenvalue weighted by atomic mass is 32.1. The van der Waals surface area contributed by atoms with Gasteiger partial charge in [0.2, 0.25) is 0 Å². The summed E-state index contributed by atoms with van der Waals surface area (Å²) < 4.78 is 0. The fourth-order valence-corrected chi connectivity index (χ4v) is 1.59. The summed E-state index contributed by atoms with van der Waals surface area (Å²) in [4.78, 5) is 1.69. The Hall–Kier alpha value is -0.540. The molecule has 3 heteroatoms. The molecule has 0 aliphatic heterocycles. The van der Waals surface area contributed by atoms with Gasteiger partial charge in [-0.15, -0.1) is 12.6 Å². The minimum absolute atomic E-state index is 0.767. The van der Waals surface area contributed by atoms with Crippen LogP contribution in [0.25, 0.3) is 0 Å². The Morgan fingerprint density at radius 3 is 2.75 bits per heavy atom. The first-order chi connectivity index (χ1) is 5.75. The van der Waals surface area contributed by atoms with E-state index >= 15 is 0 Å². The van der Waals surface area contributed by atoms with E-state index in [0.717, 1.165) is 22.0 Å². The van der Waals surface area contributed by atoms with E-state index in [9.17, 15) is 0 Å². The molecule has 0 amide bonds. The molecule has 0 atom stereocenters. The molecule has 0 aliphatic rings. The summed E-state index contributed by atoms with van der Waals surface area (Å²) in [5, 5.41) is 3.09. The van der Waals surface area contributed by atoms with Crippen LogP contribution in [0.1, 0.15) is 12.5 Å². The van der Waals surface area contributed by atoms with Gasteiger partial charge in [-0.3, -0.25) is 0 Å². The molecule has 1 nitrogen and oxygen atoms in total. The molecule has 0 radical (unpaired) electrons. The van der Waals surface area contributed by atoms with Crippen LogP contribution in [0.5, 0.6) is 0 Å². The molecule has 1 rings (SSSR count). The normalized spacial score (nSPS) is 9.50. The van der Waals surface area contributed by atoms with E-state index in [0.29, 0.717) is 0 Å². The van der Waals surface area contributed by atoms with Gasteiger partial charge >= 0.3 is 0 Å². The number of hydrogen-bond donors (Lipinski definition) is 2. The SMILES string of the molecule is CCNC(=S)c1ccccc1S. The zero-order valence-corrected chi connectivity index (χ0v) is 8.58. The van der Waals surface area contributed by atoms with Gasteiger partial charge in [-0.2, -0.15) is 0 Å². The molecule has 0 fully saturated rings. The minimum atomic E-state index is 0.767. The van der Waals surface area contributed by atoms with Gasteiger partial charge < -0.3 is 5.32 Å². The average molecular weight is 197 g/mol. The molecule has 1 N–H and O–H groups in total. The maximum absolute atomic E-state index is 5.15. The van der Waals surface area contributed by atoms with Crippen LogP contribution < -0.4 is 5.32 Å². The highest BCUT2D eigenvalue weighted by Crippen LogP contribution is 2.12. The molecule has 64 valence electrons. The fourth-order valence-electron chi connectivity index (χ4n) is 0.921. The lowest BCUT2D eigenvalue weighted by Crippen LogP contribution is -2.21. The molecule has 0 heterocycles. The summed E-state index contributed by atoms with van der Waals surface area (Å²) in [6.07, 6.45) is 0. The van der Waals surface area contributed by atoms with E-state index in [4.69, 9.17) is 12.2 Å². The van der Waals surface area contributed by atoms with Gasteiger partial charge in [0.1, 0.15) is 4.99 Å². The van der Waals surface area contributed by atoms with Crippen LogP contribution in [-0.4, -0.2) is 11.5 Å². The van der Waals surface area contributed by atoms with E-state index in [1.54, 1.807) is 0 Å². The van der Waals surface area contributed by atoms with Crippen molar-refractivity contribution in [2.75, 3.05) is 6.54 Å². The van der Waals surface area contributed by atoms with Crippen molar-refractivity contribution in [2.45, 2.75) is 11.8 Å². The number of thiocarbonyl (C=S) groups is 1. The third-order valence-corrected chi connectivity index (χ3v) is 2.24. The van der Waals surface area contributed by atoms with Crippen molar-refractivity contribution >= 4 is 29.8 Å². The van der Waals surface area contributed by atoms with Crippen molar-refractivity contribution in [2.24, 2.45) is 0 Å². The molecular formula is C9H11NS2. The van der Waals surface area contributed by atoms with Gasteiger partial charge in [0.25, 0.3) is 0 Å². The smallest absolute Gasteiger partial charge is 0.107 e. The van der Waals surface area contributed by atoms with Gasteiger partial charge in [0.15, 0.2) is 0 Å². The lowest BCUT2D eigenvalue weighted by atomic mass is 10.2. The molecule has 12 heavy (non-hydrogen) atoms. The van der Waals surface area contributed by atoms with E-state index < -0.39 is 0 Å². The summed E-state index contributed by atoms with van der Waals surface area (Å²) in [5.41, 5.74) is 0.998. The molecular weight excluding hydrogens is 186 g/mol. The summed E-state index contributed by atoms with van der Waals surface area (Å²) in [6.45, 7) is 2.87. The van der Waals surface area contributed by atoms with E-state index in [-0.39, 0.29) is 0 Å². The van der Waals surface area contributed by atoms with Crippen LogP contribution in [0.2, 0.25) is 0 Å². The summed E-state index contributed by atoms with van der Waals surface area (Å²) in [5.74, 6) is 0. The molecule has 0 unspecified atom stereocenters. The number of rotatable bonds is 2. The second-order valence-electron chi connectivity index (χ2n) is 2.38. The summed E-state index contributed by atoms with van der Waals surface area (Å²) in [7, 11) is 0. The number of nitrogens with one attached hydrogen (secondary N) is 1. The number of thiol groups is 1. The Balaban J connectivity index is 2.87. The Bertz CT molecular complexity index is 284. The molecule has 0 saturated heterocycles. The second-order valence-corrected chi connectivity index (χ2v) is 3.27. The first kappa shape index (κ1) is 9.55. The van der Waals surface area contributed by atoms with E-state index in [1.807, 2.05) is 31.2 Å². The Labute approximate surface area is 83.6 Å². The van der Waals surface area contributed by atoms with Crippen molar-refractivity contribution < 1.29 is 0 Å². The van der Waals surface area contributed by atoms with Crippen molar-refractivity contribution in [3.63, 3.8) is 0 Å². The maximum atomic E-state index is 5.15. The summed E-state index contributed by atoms with van der Waals surface area (Å²) >= 11 is 9.45. The first-order valence-corrected chi connectivity index (χ1v) is 4.67. The zero-order chi connectivity index (χ0) is 8.97. The predicted octanol–water partition coefficient (Wildman–Crippen LogP) is 2.26. The number of benzene rings is 1. The van der Waals surface area contributed by atoms with Crippen molar-refractivity contribution in [3.8, 4) is 0 Å². The lowest BCUT2D eigenvalue weighted by molar-refractivity contribution is 0.980. The predicted molar refractivity (Wildman–Crippen MR) is 59.1 cm³/mol. The van der Waals surface area contributed by atoms with Crippen molar-refractivity contribution in [3.05, 3.63) is 29.8 Å². The van der Waals surface area contributed by atoms with Gasteiger partial charge in [-0.05, 0) is 13.0 Å². The molecule has 1 aromatic carbocycles. The molecule has 0 saturated carbocycles. The molecule has 0 aliphatic carbocycles. The van der Waals surface area contributed by atoms with Crippen molar-refractivity contribution in [1.29, 1.82) is 0 Å². The molecule has 0 bridgehead atoms. The van der Waals surface area contributed by atoms with E-state index in [1.165, 1.54) is 0 Å². The third-order valence-electron chi connectivity index (χ3n) is 1.49. The van der Waals surface area contributed by atoms with E-state index in [2.05, 4.69) is 17.9 Å². The quantitative estimate of drug-likeness (QED) is 0.557. The standard InChI is InChI=1S/C9H11NS2/c1-2-10-9(12)7-5-3-4-6-8(7)11/h3-6,11H,2H2,1H3,(H,10,12). The Morgan fingerprint density at radius 2 is 2.17 bits per heavy atom. The van der Waals surface area contributed by atoms with Crippen LogP contribution in [-0.2, 0) is 0 Å². The molecule has 1 aromatic rings. The Morgan fingerprint density at radius 1 is 1.50 bits per heavy atom. The molecule has 0 spiro atoms. The van der Waals surface area contributed by atoms with Crippen LogP contribution >= 0.6 is 24.8 Å². The second kappa shape index (κ2) is 4.48. The topological polar surface area (TPSA) is 12.0 Å². The van der Waals surface area contributed by atoms with Crippen molar-refractivity contribution in [1.82, 2.24) is 5.32 Å². The maximum Gasteiger partial charge on any atom is 0.107 e. The minimum Gasteiger partial charge on any atom is -0.376 e. The first-order valence-electron chi connectivity index (χ1n) is 3.82. The van der Waals surface area contributed by atoms with Gasteiger partial charge in [-0.1, -0.05) is 30.4 Å². The number of hydrogen-bond acceptors (Lipinski definition) is 2. The fraction of sp³-hybridized carbons (Fsp3) is 0.222. The van der Waals surface area contributed by atoms with Crippen LogP contribution in [0, 0.1) is 0 Å². The van der Waals surface area contributed by atoms with Gasteiger partial charge in [0.05, 0.1) is 0 Å². The zero-order valence-electron chi connectivity index (χ0n) is 6.87. The summed E-state index contributed by atoms with van der Waals surface area (Å²) in [6, 6.07) is 7.80. The highest BCUT2D eigenvalue weighted by Gasteiger charge is 2.01.